The minimum Gasteiger partial charge on any atom is -0.182 e. The summed E-state index contributed by atoms with van der Waals surface area (Å²) in [5.74, 6) is 0. The Morgan fingerprint density at radius 3 is 1.69 bits per heavy atom. The van der Waals surface area contributed by atoms with E-state index in [9.17, 15) is 14.0 Å². The van der Waals surface area contributed by atoms with Gasteiger partial charge in [-0.15, -0.1) is 0 Å². The summed E-state index contributed by atoms with van der Waals surface area (Å²) in [6.45, 7) is 0. The fourth-order valence-corrected chi connectivity index (χ4v) is 6.69. The average Bonchev–Trinajstić information content (AvgIpc) is 2.62. The van der Waals surface area contributed by atoms with Crippen LogP contribution in [0.25, 0.3) is 0 Å². The van der Waals surface area contributed by atoms with E-state index in [2.05, 4.69) is 0 Å². The van der Waals surface area contributed by atoms with Gasteiger partial charge in [0.15, 0.2) is 0 Å². The summed E-state index contributed by atoms with van der Waals surface area (Å²) in [7, 11) is -7.02. The lowest BCUT2D eigenvalue weighted by Crippen LogP contribution is -2.61. The molecule has 0 amide bonds. The number of halogens is 1. The molecule has 26 heavy (non-hydrogen) atoms. The second kappa shape index (κ2) is 8.02. The van der Waals surface area contributed by atoms with E-state index in [1.807, 2.05) is 60.7 Å². The SMILES string of the molecule is CS(O[Cl+3]([O-])([O-])[O-])(c1ccccc1)c1ccc(Sc2ccccc2)cc1. The molecule has 0 aliphatic rings. The molecular weight excluding hydrogens is 392 g/mol. The zero-order chi connectivity index (χ0) is 18.6. The molecule has 0 aromatic heterocycles. The van der Waals surface area contributed by atoms with E-state index in [0.29, 0.717) is 9.79 Å². The minimum absolute atomic E-state index is 0.660. The van der Waals surface area contributed by atoms with E-state index >= 15 is 0 Å². The standard InChI is InChI=1S/C19H17ClO4S2/c1-26(24-20(21,22)23,18-10-6-3-7-11-18)19-14-12-17(13-15-19)25-16-8-4-2-5-9-16/h2-15H,1H3. The quantitative estimate of drug-likeness (QED) is 0.626. The van der Waals surface area contributed by atoms with Gasteiger partial charge in [0.25, 0.3) is 0 Å². The van der Waals surface area contributed by atoms with Crippen LogP contribution in [-0.4, -0.2) is 6.26 Å². The lowest BCUT2D eigenvalue weighted by molar-refractivity contribution is -1.91. The molecule has 3 aromatic carbocycles. The molecule has 1 unspecified atom stereocenters. The summed E-state index contributed by atoms with van der Waals surface area (Å²) in [5.41, 5.74) is 0. The molecule has 1 atom stereocenters. The molecular formula is C19H17ClO4S2. The van der Waals surface area contributed by atoms with Crippen LogP contribution in [0.2, 0.25) is 0 Å². The van der Waals surface area contributed by atoms with Crippen molar-refractivity contribution in [3.05, 3.63) is 84.9 Å². The fourth-order valence-electron chi connectivity index (χ4n) is 2.44. The van der Waals surface area contributed by atoms with Crippen molar-refractivity contribution in [3.63, 3.8) is 0 Å². The zero-order valence-electron chi connectivity index (χ0n) is 13.9. The third kappa shape index (κ3) is 4.81. The third-order valence-electron chi connectivity index (χ3n) is 3.65. The molecule has 0 heterocycles. The van der Waals surface area contributed by atoms with Crippen molar-refractivity contribution in [1.29, 1.82) is 0 Å². The van der Waals surface area contributed by atoms with Crippen LogP contribution in [-0.2, 0) is 3.74 Å². The van der Waals surface area contributed by atoms with Crippen LogP contribution in [0.1, 0.15) is 0 Å². The highest BCUT2D eigenvalue weighted by molar-refractivity contribution is 8.29. The van der Waals surface area contributed by atoms with Crippen LogP contribution >= 0.6 is 22.1 Å². The second-order valence-electron chi connectivity index (χ2n) is 5.48. The highest BCUT2D eigenvalue weighted by atomic mass is 35.7. The Bertz CT molecular complexity index is 839. The van der Waals surface area contributed by atoms with Gasteiger partial charge in [-0.25, -0.2) is 0 Å². The predicted molar refractivity (Wildman–Crippen MR) is 94.6 cm³/mol. The average molecular weight is 409 g/mol. The number of hydrogen-bond acceptors (Lipinski definition) is 5. The van der Waals surface area contributed by atoms with E-state index < -0.39 is 20.6 Å². The smallest absolute Gasteiger partial charge is 0.130 e. The summed E-state index contributed by atoms with van der Waals surface area (Å²) < 4.78 is 39.0. The molecule has 0 saturated heterocycles. The number of benzene rings is 3. The van der Waals surface area contributed by atoms with E-state index in [0.717, 1.165) is 9.79 Å². The molecule has 0 spiro atoms. The van der Waals surface area contributed by atoms with Gasteiger partial charge in [0.1, 0.15) is 3.74 Å². The topological polar surface area (TPSA) is 78.4 Å². The summed E-state index contributed by atoms with van der Waals surface area (Å²) in [6.07, 6.45) is 1.66. The summed E-state index contributed by atoms with van der Waals surface area (Å²) in [5, 5.41) is 0. The van der Waals surface area contributed by atoms with Crippen molar-refractivity contribution in [2.45, 2.75) is 19.6 Å². The largest absolute Gasteiger partial charge is 0.182 e. The normalized spacial score (nSPS) is 15.2. The molecule has 0 aliphatic heterocycles. The first kappa shape index (κ1) is 19.3. The molecule has 0 aliphatic carbocycles. The molecule has 136 valence electrons. The highest BCUT2D eigenvalue weighted by Gasteiger charge is 2.40. The third-order valence-corrected chi connectivity index (χ3v) is 8.63. The fraction of sp³-hybridized carbons (Fsp3) is 0.0526. The maximum Gasteiger partial charge on any atom is 0.130 e. The Labute approximate surface area is 160 Å². The molecule has 0 fully saturated rings. The Morgan fingerprint density at radius 2 is 1.15 bits per heavy atom. The van der Waals surface area contributed by atoms with Gasteiger partial charge in [0, 0.05) is 25.8 Å². The van der Waals surface area contributed by atoms with E-state index in [1.54, 1.807) is 42.3 Å². The lowest BCUT2D eigenvalue weighted by Gasteiger charge is -2.31. The molecule has 0 N–H and O–H groups in total. The van der Waals surface area contributed by atoms with Crippen molar-refractivity contribution in [3.8, 4) is 0 Å². The minimum atomic E-state index is -4.56. The van der Waals surface area contributed by atoms with Gasteiger partial charge in [0.2, 0.25) is 0 Å². The van der Waals surface area contributed by atoms with Gasteiger partial charge >= 0.3 is 0 Å². The van der Waals surface area contributed by atoms with Gasteiger partial charge < -0.3 is 0 Å². The second-order valence-corrected chi connectivity index (χ2v) is 10.5. The Morgan fingerprint density at radius 1 is 0.692 bits per heavy atom. The Hall–Kier alpha value is -1.51. The van der Waals surface area contributed by atoms with Gasteiger partial charge in [-0.05, 0) is 48.5 Å². The number of rotatable bonds is 6. The molecule has 0 radical (unpaired) electrons. The summed E-state index contributed by atoms with van der Waals surface area (Å²) in [6, 6.07) is 26.3. The van der Waals surface area contributed by atoms with Gasteiger partial charge in [-0.2, -0.15) is 14.0 Å². The maximum atomic E-state index is 11.3. The molecule has 0 bridgehead atoms. The van der Waals surface area contributed by atoms with Crippen LogP contribution in [0.3, 0.4) is 0 Å². The van der Waals surface area contributed by atoms with Crippen molar-refractivity contribution in [2.75, 3.05) is 6.26 Å². The van der Waals surface area contributed by atoms with Crippen LogP contribution < -0.4 is 14.0 Å². The van der Waals surface area contributed by atoms with Crippen LogP contribution in [0, 0.1) is 10.2 Å². The maximum absolute atomic E-state index is 11.3. The van der Waals surface area contributed by atoms with Crippen LogP contribution in [0.5, 0.6) is 0 Å². The van der Waals surface area contributed by atoms with Gasteiger partial charge in [-0.1, -0.05) is 48.2 Å². The van der Waals surface area contributed by atoms with Crippen LogP contribution in [0.4, 0.5) is 0 Å². The van der Waals surface area contributed by atoms with Crippen molar-refractivity contribution >= 4 is 22.1 Å². The van der Waals surface area contributed by atoms with E-state index in [1.165, 1.54) is 0 Å². The van der Waals surface area contributed by atoms with Crippen molar-refractivity contribution < 1.29 is 28.0 Å². The van der Waals surface area contributed by atoms with Crippen LogP contribution in [0.15, 0.2) is 105 Å². The number of hydrogen-bond donors (Lipinski definition) is 0. The Balaban J connectivity index is 1.92. The monoisotopic (exact) mass is 408 g/mol. The first-order valence-corrected chi connectivity index (χ1v) is 11.7. The summed E-state index contributed by atoms with van der Waals surface area (Å²) >= 11 is 1.60. The zero-order valence-corrected chi connectivity index (χ0v) is 16.3. The molecule has 0 saturated carbocycles. The predicted octanol–water partition coefficient (Wildman–Crippen LogP) is 2.52. The molecule has 3 rings (SSSR count). The van der Waals surface area contributed by atoms with E-state index in [-0.39, 0.29) is 0 Å². The van der Waals surface area contributed by atoms with E-state index in [4.69, 9.17) is 3.74 Å². The lowest BCUT2D eigenvalue weighted by atomic mass is 10.4. The highest BCUT2D eigenvalue weighted by Crippen LogP contribution is 2.61. The summed E-state index contributed by atoms with van der Waals surface area (Å²) in [4.78, 5) is 3.44. The van der Waals surface area contributed by atoms with Crippen molar-refractivity contribution in [2.24, 2.45) is 0 Å². The Kier molecular flexibility index (Phi) is 5.94. The first-order valence-electron chi connectivity index (χ1n) is 7.65. The van der Waals surface area contributed by atoms with Gasteiger partial charge in [0.05, 0.1) is 20.6 Å². The molecule has 3 aromatic rings. The first-order chi connectivity index (χ1) is 12.4. The van der Waals surface area contributed by atoms with Crippen molar-refractivity contribution in [1.82, 2.24) is 0 Å². The molecule has 7 heteroatoms. The molecule has 4 nitrogen and oxygen atoms in total. The van der Waals surface area contributed by atoms with Gasteiger partial charge in [-0.3, -0.25) is 0 Å².